The van der Waals surface area contributed by atoms with Crippen LogP contribution in [0.4, 0.5) is 22.1 Å². The number of rotatable bonds is 6. The van der Waals surface area contributed by atoms with E-state index in [1.54, 1.807) is 10.9 Å². The van der Waals surface area contributed by atoms with E-state index >= 15 is 0 Å². The first-order chi connectivity index (χ1) is 19.2. The maximum absolute atomic E-state index is 12.9. The quantitative estimate of drug-likeness (QED) is 0.413. The summed E-state index contributed by atoms with van der Waals surface area (Å²) in [6.07, 6.45) is 7.29. The van der Waals surface area contributed by atoms with Gasteiger partial charge in [-0.05, 0) is 49.9 Å². The molecule has 1 aliphatic heterocycles. The number of nitrogens with one attached hydrogen (secondary N) is 2. The Balaban J connectivity index is 1.18. The second-order valence-electron chi connectivity index (χ2n) is 12.1. The minimum Gasteiger partial charge on any atom is -0.353 e. The molecule has 40 heavy (non-hydrogen) atoms. The van der Waals surface area contributed by atoms with Gasteiger partial charge in [-0.1, -0.05) is 51.3 Å². The maximum Gasteiger partial charge on any atom is 0.324 e. The minimum absolute atomic E-state index is 0.169. The van der Waals surface area contributed by atoms with Crippen molar-refractivity contribution in [1.82, 2.24) is 19.7 Å². The number of benzene rings is 1. The normalized spacial score (nSPS) is 16.3. The molecule has 5 rings (SSSR count). The van der Waals surface area contributed by atoms with Gasteiger partial charge in [0.05, 0.1) is 23.3 Å². The third-order valence-electron chi connectivity index (χ3n) is 7.90. The van der Waals surface area contributed by atoms with E-state index in [-0.39, 0.29) is 11.4 Å². The third-order valence-corrected chi connectivity index (χ3v) is 7.90. The zero-order valence-electron chi connectivity index (χ0n) is 24.1. The van der Waals surface area contributed by atoms with Gasteiger partial charge in [-0.15, -0.1) is 0 Å². The second kappa shape index (κ2) is 11.7. The molecule has 3 aromatic rings. The lowest BCUT2D eigenvalue weighted by Gasteiger charge is -2.36. The summed E-state index contributed by atoms with van der Waals surface area (Å²) in [5.41, 5.74) is 3.35. The molecule has 9 heteroatoms. The predicted octanol–water partition coefficient (Wildman–Crippen LogP) is 5.75. The molecule has 0 unspecified atom stereocenters. The number of carbonyl (C=O) groups excluding carboxylic acids is 2. The molecule has 0 radical (unpaired) electrons. The molecule has 1 aromatic carbocycles. The number of aromatic nitrogens is 3. The third kappa shape index (κ3) is 6.63. The van der Waals surface area contributed by atoms with Crippen molar-refractivity contribution in [2.75, 3.05) is 41.7 Å². The summed E-state index contributed by atoms with van der Waals surface area (Å²) in [7, 11) is 0. The number of hydrogen-bond donors (Lipinski definition) is 2. The van der Waals surface area contributed by atoms with Crippen LogP contribution < -0.4 is 15.5 Å². The Kier molecular flexibility index (Phi) is 8.09. The molecule has 1 saturated carbocycles. The Hall–Kier alpha value is -3.88. The smallest absolute Gasteiger partial charge is 0.324 e. The fraction of sp³-hybridized carbons (Fsp3) is 0.484. The van der Waals surface area contributed by atoms with Gasteiger partial charge in [0.25, 0.3) is 0 Å². The number of nitrogens with zero attached hydrogens (tertiary/aromatic N) is 5. The molecule has 2 N–H and O–H groups in total. The van der Waals surface area contributed by atoms with Gasteiger partial charge >= 0.3 is 6.03 Å². The number of hydrogen-bond acceptors (Lipinski definition) is 5. The number of amides is 3. The largest absolute Gasteiger partial charge is 0.353 e. The maximum atomic E-state index is 12.9. The molecule has 1 aliphatic carbocycles. The van der Waals surface area contributed by atoms with Crippen LogP contribution in [0.25, 0.3) is 5.69 Å². The van der Waals surface area contributed by atoms with Gasteiger partial charge in [0, 0.05) is 44.1 Å². The average Bonchev–Trinajstić information content (AvgIpc) is 3.60. The Bertz CT molecular complexity index is 1310. The van der Waals surface area contributed by atoms with E-state index in [9.17, 15) is 9.59 Å². The summed E-state index contributed by atoms with van der Waals surface area (Å²) < 4.78 is 1.76. The summed E-state index contributed by atoms with van der Waals surface area (Å²) in [6.45, 7) is 11.3. The van der Waals surface area contributed by atoms with E-state index in [4.69, 9.17) is 5.10 Å². The number of urea groups is 1. The molecule has 212 valence electrons. The highest BCUT2D eigenvalue weighted by molar-refractivity contribution is 5.99. The second-order valence-corrected chi connectivity index (χ2v) is 12.1. The Labute approximate surface area is 237 Å². The number of carbonyl (C=O) groups is 2. The Morgan fingerprint density at radius 1 is 0.950 bits per heavy atom. The Morgan fingerprint density at radius 3 is 2.27 bits per heavy atom. The molecule has 2 aromatic heterocycles. The molecule has 0 spiro atoms. The number of anilines is 3. The van der Waals surface area contributed by atoms with Crippen LogP contribution in [0.2, 0.25) is 0 Å². The van der Waals surface area contributed by atoms with Crippen LogP contribution in [0.1, 0.15) is 64.1 Å². The number of pyridine rings is 1. The molecular weight excluding hydrogens is 502 g/mol. The Morgan fingerprint density at radius 2 is 1.65 bits per heavy atom. The first-order valence-electron chi connectivity index (χ1n) is 14.4. The van der Waals surface area contributed by atoms with Crippen LogP contribution in [0, 0.1) is 12.8 Å². The van der Waals surface area contributed by atoms with Gasteiger partial charge in [-0.2, -0.15) is 5.10 Å². The van der Waals surface area contributed by atoms with E-state index < -0.39 is 0 Å². The minimum atomic E-state index is -0.363. The van der Waals surface area contributed by atoms with E-state index in [1.165, 1.54) is 25.7 Å². The predicted molar refractivity (Wildman–Crippen MR) is 159 cm³/mol. The van der Waals surface area contributed by atoms with Crippen molar-refractivity contribution in [3.8, 4) is 5.69 Å². The molecular formula is C31H41N7O2. The standard InChI is InChI=1S/C31H41N7O2/c1-22-9-12-25(13-10-22)38-28(20-26(35-38)31(2,3)4)34-30(40)33-24-11-14-27(32-21-24)36-15-17-37(18-16-36)29(39)19-23-7-5-6-8-23/h9-14,20-21,23H,5-8,15-19H2,1-4H3,(H2,33,34,40). The summed E-state index contributed by atoms with van der Waals surface area (Å²) >= 11 is 0. The van der Waals surface area contributed by atoms with Crippen molar-refractivity contribution in [2.45, 2.75) is 65.2 Å². The van der Waals surface area contributed by atoms with Crippen LogP contribution in [-0.2, 0) is 10.2 Å². The van der Waals surface area contributed by atoms with Gasteiger partial charge in [0.1, 0.15) is 11.6 Å². The summed E-state index contributed by atoms with van der Waals surface area (Å²) in [4.78, 5) is 34.4. The molecule has 3 amide bonds. The molecule has 1 saturated heterocycles. The summed E-state index contributed by atoms with van der Waals surface area (Å²) in [5.74, 6) is 2.31. The first kappa shape index (κ1) is 27.7. The molecule has 2 aliphatic rings. The monoisotopic (exact) mass is 543 g/mol. The van der Waals surface area contributed by atoms with Gasteiger partial charge in [0.15, 0.2) is 0 Å². The highest BCUT2D eigenvalue weighted by atomic mass is 16.2. The van der Waals surface area contributed by atoms with Crippen LogP contribution in [0.3, 0.4) is 0 Å². The van der Waals surface area contributed by atoms with Gasteiger partial charge in [-0.3, -0.25) is 10.1 Å². The summed E-state index contributed by atoms with van der Waals surface area (Å²) in [6, 6.07) is 13.4. The van der Waals surface area contributed by atoms with Crippen LogP contribution in [0.5, 0.6) is 0 Å². The number of piperazine rings is 1. The molecule has 9 nitrogen and oxygen atoms in total. The lowest BCUT2D eigenvalue weighted by molar-refractivity contribution is -0.132. The molecule has 2 fully saturated rings. The fourth-order valence-electron chi connectivity index (χ4n) is 5.42. The first-order valence-corrected chi connectivity index (χ1v) is 14.4. The van der Waals surface area contributed by atoms with E-state index in [1.807, 2.05) is 54.3 Å². The van der Waals surface area contributed by atoms with Gasteiger partial charge in [-0.25, -0.2) is 14.5 Å². The lowest BCUT2D eigenvalue weighted by Crippen LogP contribution is -2.49. The van der Waals surface area contributed by atoms with Crippen LogP contribution >= 0.6 is 0 Å². The lowest BCUT2D eigenvalue weighted by atomic mass is 9.92. The molecule has 3 heterocycles. The van der Waals surface area contributed by atoms with Crippen LogP contribution in [-0.4, -0.2) is 57.8 Å². The van der Waals surface area contributed by atoms with Crippen molar-refractivity contribution >= 4 is 29.3 Å². The topological polar surface area (TPSA) is 95.4 Å². The van der Waals surface area contributed by atoms with Crippen molar-refractivity contribution in [3.05, 3.63) is 59.9 Å². The molecule has 0 atom stereocenters. The number of aryl methyl sites for hydroxylation is 1. The zero-order valence-corrected chi connectivity index (χ0v) is 24.1. The van der Waals surface area contributed by atoms with E-state index in [0.29, 0.717) is 29.8 Å². The van der Waals surface area contributed by atoms with Crippen LogP contribution in [0.15, 0.2) is 48.7 Å². The SMILES string of the molecule is Cc1ccc(-n2nc(C(C)(C)C)cc2NC(=O)Nc2ccc(N3CCN(C(=O)CC4CCCC4)CC3)nc2)cc1. The van der Waals surface area contributed by atoms with Crippen molar-refractivity contribution < 1.29 is 9.59 Å². The zero-order chi connectivity index (χ0) is 28.3. The summed E-state index contributed by atoms with van der Waals surface area (Å²) in [5, 5.41) is 10.6. The highest BCUT2D eigenvalue weighted by Gasteiger charge is 2.26. The van der Waals surface area contributed by atoms with E-state index in [2.05, 4.69) is 41.3 Å². The van der Waals surface area contributed by atoms with Crippen molar-refractivity contribution in [3.63, 3.8) is 0 Å². The van der Waals surface area contributed by atoms with Crippen molar-refractivity contribution in [1.29, 1.82) is 0 Å². The molecule has 0 bridgehead atoms. The highest BCUT2D eigenvalue weighted by Crippen LogP contribution is 2.29. The van der Waals surface area contributed by atoms with E-state index in [0.717, 1.165) is 48.9 Å². The van der Waals surface area contributed by atoms with Gasteiger partial charge < -0.3 is 15.1 Å². The fourth-order valence-corrected chi connectivity index (χ4v) is 5.42. The van der Waals surface area contributed by atoms with Crippen molar-refractivity contribution in [2.24, 2.45) is 5.92 Å². The van der Waals surface area contributed by atoms with Gasteiger partial charge in [0.2, 0.25) is 5.91 Å². The average molecular weight is 544 g/mol.